The number of methoxy groups -OCH3 is 1. The molecule has 1 aromatic carbocycles. The van der Waals surface area contributed by atoms with Crippen LogP contribution in [0.1, 0.15) is 18.3 Å². The molecular formula is C15H19FN4O. The van der Waals surface area contributed by atoms with Crippen LogP contribution in [0.3, 0.4) is 0 Å². The molecule has 0 spiro atoms. The number of halogens is 1. The van der Waals surface area contributed by atoms with Gasteiger partial charge < -0.3 is 15.4 Å². The van der Waals surface area contributed by atoms with Crippen LogP contribution in [0.5, 0.6) is 0 Å². The molecule has 5 nitrogen and oxygen atoms in total. The number of hydrogen-bond donors (Lipinski definition) is 2. The van der Waals surface area contributed by atoms with Gasteiger partial charge in [-0.15, -0.1) is 0 Å². The Labute approximate surface area is 123 Å². The van der Waals surface area contributed by atoms with Crippen molar-refractivity contribution in [2.75, 3.05) is 24.3 Å². The molecule has 2 aromatic rings. The van der Waals surface area contributed by atoms with Crippen LogP contribution in [0.25, 0.3) is 0 Å². The largest absolute Gasteiger partial charge is 0.377 e. The number of rotatable bonds is 6. The fraction of sp³-hybridized carbons (Fsp3) is 0.333. The molecule has 0 aliphatic rings. The Hall–Kier alpha value is -2.21. The Kier molecular flexibility index (Phi) is 5.05. The summed E-state index contributed by atoms with van der Waals surface area (Å²) in [5, 5.41) is 6.26. The predicted octanol–water partition coefficient (Wildman–Crippen LogP) is 3.25. The highest BCUT2D eigenvalue weighted by molar-refractivity contribution is 5.62. The minimum Gasteiger partial charge on any atom is -0.377 e. The van der Waals surface area contributed by atoms with Gasteiger partial charge in [-0.25, -0.2) is 14.4 Å². The molecule has 1 heterocycles. The first kappa shape index (κ1) is 15.2. The van der Waals surface area contributed by atoms with Crippen LogP contribution < -0.4 is 10.6 Å². The van der Waals surface area contributed by atoms with Crippen molar-refractivity contribution in [1.82, 2.24) is 9.97 Å². The Morgan fingerprint density at radius 3 is 2.67 bits per heavy atom. The van der Waals surface area contributed by atoms with E-state index in [0.717, 1.165) is 12.1 Å². The van der Waals surface area contributed by atoms with Gasteiger partial charge in [0, 0.05) is 25.4 Å². The van der Waals surface area contributed by atoms with E-state index < -0.39 is 0 Å². The molecule has 6 heteroatoms. The molecule has 112 valence electrons. The number of anilines is 3. The molecule has 0 amide bonds. The highest BCUT2D eigenvalue weighted by Crippen LogP contribution is 2.22. The fourth-order valence-electron chi connectivity index (χ4n) is 1.89. The van der Waals surface area contributed by atoms with E-state index in [9.17, 15) is 4.39 Å². The Balaban J connectivity index is 2.31. The number of hydrogen-bond acceptors (Lipinski definition) is 5. The molecule has 0 saturated heterocycles. The van der Waals surface area contributed by atoms with Crippen LogP contribution in [0.2, 0.25) is 0 Å². The van der Waals surface area contributed by atoms with Crippen LogP contribution in [0.15, 0.2) is 24.3 Å². The lowest BCUT2D eigenvalue weighted by atomic mass is 10.2. The van der Waals surface area contributed by atoms with Gasteiger partial charge >= 0.3 is 0 Å². The Morgan fingerprint density at radius 2 is 1.95 bits per heavy atom. The summed E-state index contributed by atoms with van der Waals surface area (Å²) in [5.41, 5.74) is 1.62. The van der Waals surface area contributed by atoms with E-state index in [2.05, 4.69) is 20.6 Å². The minimum atomic E-state index is -0.291. The van der Waals surface area contributed by atoms with Crippen molar-refractivity contribution in [3.63, 3.8) is 0 Å². The minimum absolute atomic E-state index is 0.291. The standard InChI is InChI=1S/C15H19FN4O/c1-4-17-13-8-14(20-15(19-13)9-21-3)18-12-7-11(16)6-5-10(12)2/h5-8H,4,9H2,1-3H3,(H2,17,18,19,20). The van der Waals surface area contributed by atoms with Gasteiger partial charge in [-0.3, -0.25) is 0 Å². The zero-order valence-electron chi connectivity index (χ0n) is 12.4. The van der Waals surface area contributed by atoms with Crippen molar-refractivity contribution in [3.05, 3.63) is 41.5 Å². The monoisotopic (exact) mass is 290 g/mol. The van der Waals surface area contributed by atoms with Gasteiger partial charge in [0.25, 0.3) is 0 Å². The van der Waals surface area contributed by atoms with Gasteiger partial charge in [0.1, 0.15) is 24.1 Å². The number of aryl methyl sites for hydroxylation is 1. The van der Waals surface area contributed by atoms with E-state index in [-0.39, 0.29) is 5.82 Å². The molecule has 0 fully saturated rings. The molecule has 0 radical (unpaired) electrons. The first-order valence-electron chi connectivity index (χ1n) is 6.76. The van der Waals surface area contributed by atoms with Crippen LogP contribution in [-0.4, -0.2) is 23.6 Å². The average molecular weight is 290 g/mol. The Bertz CT molecular complexity index is 594. The smallest absolute Gasteiger partial charge is 0.158 e. The van der Waals surface area contributed by atoms with Gasteiger partial charge in [-0.05, 0) is 31.5 Å². The summed E-state index contributed by atoms with van der Waals surface area (Å²) in [7, 11) is 1.59. The SMILES string of the molecule is CCNc1cc(Nc2cc(F)ccc2C)nc(COC)n1. The van der Waals surface area contributed by atoms with Crippen molar-refractivity contribution in [2.24, 2.45) is 0 Å². The topological polar surface area (TPSA) is 59.1 Å². The lowest BCUT2D eigenvalue weighted by Crippen LogP contribution is -2.07. The molecule has 0 aliphatic heterocycles. The number of ether oxygens (including phenoxy) is 1. The van der Waals surface area contributed by atoms with Crippen LogP contribution >= 0.6 is 0 Å². The summed E-state index contributed by atoms with van der Waals surface area (Å²) >= 11 is 0. The second kappa shape index (κ2) is 6.99. The highest BCUT2D eigenvalue weighted by atomic mass is 19.1. The van der Waals surface area contributed by atoms with Gasteiger partial charge in [0.15, 0.2) is 5.82 Å². The number of aromatic nitrogens is 2. The summed E-state index contributed by atoms with van der Waals surface area (Å²) in [6, 6.07) is 6.38. The average Bonchev–Trinajstić information content (AvgIpc) is 2.43. The van der Waals surface area contributed by atoms with E-state index in [1.807, 2.05) is 13.8 Å². The van der Waals surface area contributed by atoms with E-state index in [1.165, 1.54) is 12.1 Å². The van der Waals surface area contributed by atoms with Gasteiger partial charge in [-0.2, -0.15) is 0 Å². The second-order valence-corrected chi connectivity index (χ2v) is 4.60. The lowest BCUT2D eigenvalue weighted by molar-refractivity contribution is 0.178. The van der Waals surface area contributed by atoms with Gasteiger partial charge in [-0.1, -0.05) is 6.07 Å². The summed E-state index contributed by atoms with van der Waals surface area (Å²) in [5.74, 6) is 1.58. The zero-order valence-corrected chi connectivity index (χ0v) is 12.4. The van der Waals surface area contributed by atoms with E-state index in [1.54, 1.807) is 19.2 Å². The van der Waals surface area contributed by atoms with Crippen molar-refractivity contribution >= 4 is 17.3 Å². The molecule has 1 aromatic heterocycles. The van der Waals surface area contributed by atoms with E-state index in [0.29, 0.717) is 29.8 Å². The highest BCUT2D eigenvalue weighted by Gasteiger charge is 2.07. The summed E-state index contributed by atoms with van der Waals surface area (Å²) in [6.07, 6.45) is 0. The Morgan fingerprint density at radius 1 is 1.19 bits per heavy atom. The van der Waals surface area contributed by atoms with Crippen molar-refractivity contribution in [2.45, 2.75) is 20.5 Å². The predicted molar refractivity (Wildman–Crippen MR) is 81.3 cm³/mol. The van der Waals surface area contributed by atoms with Crippen molar-refractivity contribution in [3.8, 4) is 0 Å². The third kappa shape index (κ3) is 4.13. The molecule has 0 saturated carbocycles. The maximum atomic E-state index is 13.3. The third-order valence-electron chi connectivity index (χ3n) is 2.87. The van der Waals surface area contributed by atoms with E-state index in [4.69, 9.17) is 4.74 Å². The van der Waals surface area contributed by atoms with E-state index >= 15 is 0 Å². The molecule has 2 rings (SSSR count). The molecule has 0 aliphatic carbocycles. The fourth-order valence-corrected chi connectivity index (χ4v) is 1.89. The van der Waals surface area contributed by atoms with Crippen molar-refractivity contribution in [1.29, 1.82) is 0 Å². The lowest BCUT2D eigenvalue weighted by Gasteiger charge is -2.12. The van der Waals surface area contributed by atoms with Crippen LogP contribution in [-0.2, 0) is 11.3 Å². The molecule has 0 bridgehead atoms. The summed E-state index contributed by atoms with van der Waals surface area (Å²) in [6.45, 7) is 4.96. The summed E-state index contributed by atoms with van der Waals surface area (Å²) in [4.78, 5) is 8.69. The van der Waals surface area contributed by atoms with Gasteiger partial charge in [0.2, 0.25) is 0 Å². The summed E-state index contributed by atoms with van der Waals surface area (Å²) < 4.78 is 18.4. The number of benzene rings is 1. The first-order valence-corrected chi connectivity index (χ1v) is 6.76. The first-order chi connectivity index (χ1) is 10.1. The molecule has 21 heavy (non-hydrogen) atoms. The molecule has 2 N–H and O–H groups in total. The third-order valence-corrected chi connectivity index (χ3v) is 2.87. The molecule has 0 atom stereocenters. The van der Waals surface area contributed by atoms with Gasteiger partial charge in [0.05, 0.1) is 0 Å². The normalized spacial score (nSPS) is 10.5. The second-order valence-electron chi connectivity index (χ2n) is 4.60. The number of nitrogens with zero attached hydrogens (tertiary/aromatic N) is 2. The van der Waals surface area contributed by atoms with Crippen molar-refractivity contribution < 1.29 is 9.13 Å². The molecule has 0 unspecified atom stereocenters. The van der Waals surface area contributed by atoms with Crippen LogP contribution in [0, 0.1) is 12.7 Å². The number of nitrogens with one attached hydrogen (secondary N) is 2. The van der Waals surface area contributed by atoms with Crippen LogP contribution in [0.4, 0.5) is 21.7 Å². The maximum absolute atomic E-state index is 13.3. The molecular weight excluding hydrogens is 271 g/mol. The zero-order chi connectivity index (χ0) is 15.2. The quantitative estimate of drug-likeness (QED) is 0.855. The maximum Gasteiger partial charge on any atom is 0.158 e.